The summed E-state index contributed by atoms with van der Waals surface area (Å²) in [7, 11) is 0. The van der Waals surface area contributed by atoms with E-state index in [1.54, 1.807) is 6.07 Å². The number of nitrogens with two attached hydrogens (primary N) is 1. The molecule has 17 heavy (non-hydrogen) atoms. The van der Waals surface area contributed by atoms with E-state index in [1.807, 2.05) is 11.8 Å². The molecule has 0 aliphatic carbocycles. The van der Waals surface area contributed by atoms with Crippen molar-refractivity contribution in [2.24, 2.45) is 11.1 Å². The average Bonchev–Trinajstić information content (AvgIpc) is 2.73. The summed E-state index contributed by atoms with van der Waals surface area (Å²) in [5.41, 5.74) is 5.29. The Hall–Kier alpha value is -2.16. The molecule has 6 nitrogen and oxygen atoms in total. The van der Waals surface area contributed by atoms with Crippen molar-refractivity contribution in [3.63, 3.8) is 0 Å². The third-order valence-electron chi connectivity index (χ3n) is 3.19. The Morgan fingerprint density at radius 1 is 1.71 bits per heavy atom. The number of carbonyl (C=O) groups excluding carboxylic acids is 1. The Morgan fingerprint density at radius 2 is 2.47 bits per heavy atom. The minimum atomic E-state index is -0.551. The number of nitrogens with zero attached hydrogens (tertiary/aromatic N) is 4. The van der Waals surface area contributed by atoms with Gasteiger partial charge in [0.2, 0.25) is 5.91 Å². The highest BCUT2D eigenvalue weighted by Gasteiger charge is 2.39. The van der Waals surface area contributed by atoms with Gasteiger partial charge in [-0.15, -0.1) is 5.10 Å². The van der Waals surface area contributed by atoms with E-state index >= 15 is 0 Å². The zero-order valence-electron chi connectivity index (χ0n) is 9.55. The number of aromatic nitrogens is 2. The minimum Gasteiger partial charge on any atom is -0.369 e. The summed E-state index contributed by atoms with van der Waals surface area (Å²) in [4.78, 5) is 13.2. The quantitative estimate of drug-likeness (QED) is 0.775. The van der Waals surface area contributed by atoms with E-state index in [-0.39, 0.29) is 5.91 Å². The minimum absolute atomic E-state index is 0.317. The molecule has 1 fully saturated rings. The smallest absolute Gasteiger partial charge is 0.225 e. The van der Waals surface area contributed by atoms with Crippen molar-refractivity contribution in [2.45, 2.75) is 13.3 Å². The maximum absolute atomic E-state index is 11.3. The van der Waals surface area contributed by atoms with Gasteiger partial charge in [-0.1, -0.05) is 0 Å². The molecule has 1 amide bonds. The van der Waals surface area contributed by atoms with Gasteiger partial charge in [-0.05, 0) is 19.4 Å². The zero-order valence-corrected chi connectivity index (χ0v) is 9.55. The fourth-order valence-corrected chi connectivity index (χ4v) is 1.99. The molecule has 88 valence electrons. The molecular weight excluding hydrogens is 218 g/mol. The number of amides is 1. The molecule has 6 heteroatoms. The number of carbonyl (C=O) groups is 1. The topological polar surface area (TPSA) is 95.9 Å². The van der Waals surface area contributed by atoms with Crippen molar-refractivity contribution in [1.82, 2.24) is 10.2 Å². The van der Waals surface area contributed by atoms with E-state index in [0.29, 0.717) is 30.9 Å². The maximum Gasteiger partial charge on any atom is 0.225 e. The van der Waals surface area contributed by atoms with E-state index < -0.39 is 5.41 Å². The van der Waals surface area contributed by atoms with Crippen LogP contribution in [0, 0.1) is 16.7 Å². The highest BCUT2D eigenvalue weighted by molar-refractivity contribution is 5.82. The van der Waals surface area contributed by atoms with Crippen molar-refractivity contribution in [3.8, 4) is 6.07 Å². The van der Waals surface area contributed by atoms with Gasteiger partial charge in [0.1, 0.15) is 6.07 Å². The highest BCUT2D eigenvalue weighted by atomic mass is 16.1. The summed E-state index contributed by atoms with van der Waals surface area (Å²) in [6.07, 6.45) is 2.15. The Morgan fingerprint density at radius 3 is 3.06 bits per heavy atom. The first kappa shape index (κ1) is 11.3. The molecule has 2 rings (SSSR count). The Bertz CT molecular complexity index is 495. The molecule has 1 saturated heterocycles. The lowest BCUT2D eigenvalue weighted by Gasteiger charge is -2.21. The fourth-order valence-electron chi connectivity index (χ4n) is 1.99. The van der Waals surface area contributed by atoms with Gasteiger partial charge in [0.05, 0.1) is 17.2 Å². The number of hydrogen-bond donors (Lipinski definition) is 1. The van der Waals surface area contributed by atoms with Gasteiger partial charge in [0.15, 0.2) is 5.82 Å². The average molecular weight is 231 g/mol. The predicted molar refractivity (Wildman–Crippen MR) is 60.9 cm³/mol. The van der Waals surface area contributed by atoms with Gasteiger partial charge in [0.25, 0.3) is 0 Å². The first-order chi connectivity index (χ1) is 8.07. The lowest BCUT2D eigenvalue weighted by Crippen LogP contribution is -2.37. The number of primary amides is 1. The van der Waals surface area contributed by atoms with Gasteiger partial charge >= 0.3 is 0 Å². The number of rotatable bonds is 2. The van der Waals surface area contributed by atoms with Crippen LogP contribution in [-0.4, -0.2) is 29.2 Å². The molecule has 0 spiro atoms. The second-order valence-corrected chi connectivity index (χ2v) is 4.48. The molecule has 2 N–H and O–H groups in total. The van der Waals surface area contributed by atoms with Crippen LogP contribution in [0.1, 0.15) is 18.9 Å². The van der Waals surface area contributed by atoms with Crippen LogP contribution in [0.15, 0.2) is 12.3 Å². The molecule has 1 aromatic heterocycles. The maximum atomic E-state index is 11.3. The van der Waals surface area contributed by atoms with Crippen LogP contribution in [0.2, 0.25) is 0 Å². The number of hydrogen-bond acceptors (Lipinski definition) is 5. The Labute approximate surface area is 99.0 Å². The van der Waals surface area contributed by atoms with Gasteiger partial charge in [0, 0.05) is 13.1 Å². The van der Waals surface area contributed by atoms with Crippen LogP contribution in [0.25, 0.3) is 0 Å². The van der Waals surface area contributed by atoms with E-state index in [0.717, 1.165) is 0 Å². The number of anilines is 1. The first-order valence-corrected chi connectivity index (χ1v) is 5.33. The van der Waals surface area contributed by atoms with E-state index in [2.05, 4.69) is 16.3 Å². The second kappa shape index (κ2) is 4.01. The predicted octanol–water partition coefficient (Wildman–Crippen LogP) is 0.0500. The van der Waals surface area contributed by atoms with Gasteiger partial charge in [-0.3, -0.25) is 4.79 Å². The van der Waals surface area contributed by atoms with Crippen LogP contribution in [0.5, 0.6) is 0 Å². The van der Waals surface area contributed by atoms with Crippen molar-refractivity contribution in [3.05, 3.63) is 17.8 Å². The van der Waals surface area contributed by atoms with Crippen molar-refractivity contribution >= 4 is 11.7 Å². The lowest BCUT2D eigenvalue weighted by molar-refractivity contribution is -0.125. The van der Waals surface area contributed by atoms with E-state index in [1.165, 1.54) is 6.20 Å². The Balaban J connectivity index is 2.27. The fraction of sp³-hybridized carbons (Fsp3) is 0.455. The molecular formula is C11H13N5O. The van der Waals surface area contributed by atoms with Crippen LogP contribution >= 0.6 is 0 Å². The molecule has 0 saturated carbocycles. The molecule has 0 bridgehead atoms. The molecule has 0 radical (unpaired) electrons. The molecule has 2 heterocycles. The van der Waals surface area contributed by atoms with Crippen molar-refractivity contribution in [1.29, 1.82) is 5.26 Å². The summed E-state index contributed by atoms with van der Waals surface area (Å²) >= 11 is 0. The molecule has 0 aromatic carbocycles. The van der Waals surface area contributed by atoms with E-state index in [4.69, 9.17) is 11.0 Å². The standard InChI is InChI=1S/C11H13N5O/c1-11(10(13)17)3-5-16(7-11)9-8(6-12)2-4-14-15-9/h2,4H,3,5,7H2,1H3,(H2,13,17). The van der Waals surface area contributed by atoms with Crippen molar-refractivity contribution < 1.29 is 4.79 Å². The van der Waals surface area contributed by atoms with Crippen LogP contribution in [0.4, 0.5) is 5.82 Å². The summed E-state index contributed by atoms with van der Waals surface area (Å²) in [5, 5.41) is 16.7. The molecule has 1 unspecified atom stereocenters. The zero-order chi connectivity index (χ0) is 12.5. The summed E-state index contributed by atoms with van der Waals surface area (Å²) in [6, 6.07) is 3.68. The molecule has 1 aliphatic rings. The van der Waals surface area contributed by atoms with Crippen LogP contribution in [-0.2, 0) is 4.79 Å². The monoisotopic (exact) mass is 231 g/mol. The Kier molecular flexibility index (Phi) is 2.68. The normalized spacial score (nSPS) is 23.4. The third-order valence-corrected chi connectivity index (χ3v) is 3.19. The molecule has 1 aromatic rings. The number of nitriles is 1. The van der Waals surface area contributed by atoms with Gasteiger partial charge < -0.3 is 10.6 Å². The highest BCUT2D eigenvalue weighted by Crippen LogP contribution is 2.32. The summed E-state index contributed by atoms with van der Waals surface area (Å²) in [6.45, 7) is 2.97. The lowest BCUT2D eigenvalue weighted by atomic mass is 9.89. The first-order valence-electron chi connectivity index (χ1n) is 5.33. The second-order valence-electron chi connectivity index (χ2n) is 4.48. The largest absolute Gasteiger partial charge is 0.369 e. The van der Waals surface area contributed by atoms with Gasteiger partial charge in [-0.2, -0.15) is 10.4 Å². The van der Waals surface area contributed by atoms with Gasteiger partial charge in [-0.25, -0.2) is 0 Å². The SMILES string of the molecule is CC1(C(N)=O)CCN(c2nnccc2C#N)C1. The summed E-state index contributed by atoms with van der Waals surface area (Å²) in [5.74, 6) is 0.211. The molecule has 1 aliphatic heterocycles. The summed E-state index contributed by atoms with van der Waals surface area (Å²) < 4.78 is 0. The van der Waals surface area contributed by atoms with E-state index in [9.17, 15) is 4.79 Å². The third kappa shape index (κ3) is 1.91. The molecule has 1 atom stereocenters. The van der Waals surface area contributed by atoms with Crippen LogP contribution in [0.3, 0.4) is 0 Å². The van der Waals surface area contributed by atoms with Crippen molar-refractivity contribution in [2.75, 3.05) is 18.0 Å². The van der Waals surface area contributed by atoms with Crippen LogP contribution < -0.4 is 10.6 Å².